The van der Waals surface area contributed by atoms with Crippen molar-refractivity contribution >= 4 is 17.6 Å². The normalized spacial score (nSPS) is 10.4. The zero-order chi connectivity index (χ0) is 14.5. The molecule has 0 saturated heterocycles. The lowest BCUT2D eigenvalue weighted by Gasteiger charge is -2.11. The summed E-state index contributed by atoms with van der Waals surface area (Å²) in [5.74, 6) is 2.55. The van der Waals surface area contributed by atoms with Crippen molar-refractivity contribution in [3.05, 3.63) is 35.7 Å². The van der Waals surface area contributed by atoms with E-state index < -0.39 is 0 Å². The van der Waals surface area contributed by atoms with Gasteiger partial charge in [0.1, 0.15) is 22.4 Å². The van der Waals surface area contributed by atoms with Crippen molar-refractivity contribution in [2.45, 2.75) is 30.7 Å². The van der Waals surface area contributed by atoms with Crippen molar-refractivity contribution in [1.29, 1.82) is 0 Å². The van der Waals surface area contributed by atoms with Gasteiger partial charge in [-0.2, -0.15) is 0 Å². The molecule has 0 aliphatic rings. The summed E-state index contributed by atoms with van der Waals surface area (Å²) in [6.07, 6.45) is 0. The largest absolute Gasteiger partial charge is 0.497 e. The van der Waals surface area contributed by atoms with E-state index in [9.17, 15) is 0 Å². The number of nitrogens with zero attached hydrogens (tertiary/aromatic N) is 2. The molecule has 2 rings (SSSR count). The molecule has 106 valence electrons. The third-order valence-corrected chi connectivity index (χ3v) is 3.93. The van der Waals surface area contributed by atoms with E-state index in [-0.39, 0.29) is 0 Å². The maximum absolute atomic E-state index is 5.17. The van der Waals surface area contributed by atoms with Gasteiger partial charge in [-0.25, -0.2) is 9.97 Å². The summed E-state index contributed by atoms with van der Waals surface area (Å²) in [4.78, 5) is 10.1. The van der Waals surface area contributed by atoms with Crippen LogP contribution >= 0.6 is 11.8 Å². The zero-order valence-electron chi connectivity index (χ0n) is 12.2. The zero-order valence-corrected chi connectivity index (χ0v) is 13.0. The molecular weight excluding hydrogens is 270 g/mol. The molecule has 0 fully saturated rings. The van der Waals surface area contributed by atoms with Crippen LogP contribution in [0.15, 0.2) is 34.2 Å². The smallest absolute Gasteiger partial charge is 0.133 e. The van der Waals surface area contributed by atoms with Crippen LogP contribution in [0.1, 0.15) is 18.3 Å². The molecule has 0 spiro atoms. The average molecular weight is 289 g/mol. The van der Waals surface area contributed by atoms with Crippen molar-refractivity contribution in [3.8, 4) is 5.75 Å². The molecule has 0 amide bonds. The predicted octanol–water partition coefficient (Wildman–Crippen LogP) is 3.69. The minimum atomic E-state index is 0.780. The van der Waals surface area contributed by atoms with Crippen LogP contribution in [0.25, 0.3) is 0 Å². The van der Waals surface area contributed by atoms with Crippen molar-refractivity contribution < 1.29 is 4.74 Å². The van der Waals surface area contributed by atoms with Gasteiger partial charge < -0.3 is 10.1 Å². The fourth-order valence-electron chi connectivity index (χ4n) is 1.80. The summed E-state index contributed by atoms with van der Waals surface area (Å²) < 4.78 is 5.17. The third-order valence-electron chi connectivity index (χ3n) is 2.83. The first-order valence-corrected chi connectivity index (χ1v) is 7.36. The molecule has 0 atom stereocenters. The molecule has 2 aromatic rings. The number of nitrogens with one attached hydrogen (secondary N) is 1. The van der Waals surface area contributed by atoms with Gasteiger partial charge in [0, 0.05) is 17.0 Å². The van der Waals surface area contributed by atoms with Crippen LogP contribution in [0.2, 0.25) is 0 Å². The Morgan fingerprint density at radius 2 is 1.85 bits per heavy atom. The standard InChI is InChI=1S/C15H19N3OS/c1-5-16-14-10(2)15(18-11(3)17-14)20-13-8-6-12(19-4)7-9-13/h6-9H,5H2,1-4H3,(H,16,17,18). The SMILES string of the molecule is CCNc1nc(C)nc(Sc2ccc(OC)cc2)c1C. The molecular formula is C15H19N3OS. The Morgan fingerprint density at radius 3 is 2.45 bits per heavy atom. The summed E-state index contributed by atoms with van der Waals surface area (Å²) in [6, 6.07) is 7.98. The molecule has 1 heterocycles. The molecule has 4 nitrogen and oxygen atoms in total. The van der Waals surface area contributed by atoms with Crippen LogP contribution in [0.4, 0.5) is 5.82 Å². The number of aryl methyl sites for hydroxylation is 1. The highest BCUT2D eigenvalue weighted by Gasteiger charge is 2.10. The Bertz CT molecular complexity index is 584. The number of anilines is 1. The quantitative estimate of drug-likeness (QED) is 0.851. The van der Waals surface area contributed by atoms with Crippen molar-refractivity contribution in [3.63, 3.8) is 0 Å². The lowest BCUT2D eigenvalue weighted by atomic mass is 10.3. The fourth-order valence-corrected chi connectivity index (χ4v) is 2.72. The van der Waals surface area contributed by atoms with Gasteiger partial charge in [-0.05, 0) is 45.0 Å². The lowest BCUT2D eigenvalue weighted by Crippen LogP contribution is -2.05. The second-order valence-corrected chi connectivity index (χ2v) is 5.42. The summed E-state index contributed by atoms with van der Waals surface area (Å²) in [6.45, 7) is 6.87. The second-order valence-electron chi connectivity index (χ2n) is 4.36. The molecule has 0 bridgehead atoms. The van der Waals surface area contributed by atoms with Crippen LogP contribution in [-0.4, -0.2) is 23.6 Å². The van der Waals surface area contributed by atoms with Crippen LogP contribution in [0.3, 0.4) is 0 Å². The average Bonchev–Trinajstić information content (AvgIpc) is 2.45. The number of aromatic nitrogens is 2. The molecule has 5 heteroatoms. The third kappa shape index (κ3) is 3.42. The van der Waals surface area contributed by atoms with Gasteiger partial charge in [0.05, 0.1) is 7.11 Å². The van der Waals surface area contributed by atoms with Gasteiger partial charge in [0.2, 0.25) is 0 Å². The van der Waals surface area contributed by atoms with Crippen molar-refractivity contribution in [2.24, 2.45) is 0 Å². The van der Waals surface area contributed by atoms with E-state index in [0.29, 0.717) is 0 Å². The predicted molar refractivity (Wildman–Crippen MR) is 82.8 cm³/mol. The Labute approximate surface area is 124 Å². The molecule has 0 aliphatic carbocycles. The van der Waals surface area contributed by atoms with Crippen molar-refractivity contribution in [2.75, 3.05) is 19.0 Å². The van der Waals surface area contributed by atoms with E-state index in [1.165, 1.54) is 0 Å². The van der Waals surface area contributed by atoms with E-state index >= 15 is 0 Å². The number of hydrogen-bond donors (Lipinski definition) is 1. The first-order valence-electron chi connectivity index (χ1n) is 6.55. The first-order chi connectivity index (χ1) is 9.63. The number of methoxy groups -OCH3 is 1. The maximum Gasteiger partial charge on any atom is 0.133 e. The van der Waals surface area contributed by atoms with Gasteiger partial charge in [-0.1, -0.05) is 11.8 Å². The number of benzene rings is 1. The van der Waals surface area contributed by atoms with Gasteiger partial charge in [0.15, 0.2) is 0 Å². The molecule has 1 aromatic carbocycles. The van der Waals surface area contributed by atoms with E-state index in [1.807, 2.05) is 38.1 Å². The van der Waals surface area contributed by atoms with Gasteiger partial charge >= 0.3 is 0 Å². The Morgan fingerprint density at radius 1 is 1.15 bits per heavy atom. The van der Waals surface area contributed by atoms with Gasteiger partial charge in [-0.3, -0.25) is 0 Å². The minimum Gasteiger partial charge on any atom is -0.497 e. The molecule has 0 saturated carbocycles. The Balaban J connectivity index is 2.27. The van der Waals surface area contributed by atoms with Crippen LogP contribution in [-0.2, 0) is 0 Å². The molecule has 0 unspecified atom stereocenters. The highest BCUT2D eigenvalue weighted by Crippen LogP contribution is 2.32. The highest BCUT2D eigenvalue weighted by atomic mass is 32.2. The van der Waals surface area contributed by atoms with Crippen LogP contribution in [0, 0.1) is 13.8 Å². The molecule has 1 aromatic heterocycles. The van der Waals surface area contributed by atoms with E-state index in [2.05, 4.69) is 22.2 Å². The number of ether oxygens (including phenoxy) is 1. The number of hydrogen-bond acceptors (Lipinski definition) is 5. The van der Waals surface area contributed by atoms with E-state index in [1.54, 1.807) is 18.9 Å². The van der Waals surface area contributed by atoms with Gasteiger partial charge in [0.25, 0.3) is 0 Å². The molecule has 0 radical (unpaired) electrons. The van der Waals surface area contributed by atoms with E-state index in [4.69, 9.17) is 4.74 Å². The highest BCUT2D eigenvalue weighted by molar-refractivity contribution is 7.99. The number of rotatable bonds is 5. The summed E-state index contributed by atoms with van der Waals surface area (Å²) >= 11 is 1.64. The minimum absolute atomic E-state index is 0.780. The maximum atomic E-state index is 5.17. The summed E-state index contributed by atoms with van der Waals surface area (Å²) in [5.41, 5.74) is 1.08. The summed E-state index contributed by atoms with van der Waals surface area (Å²) in [5, 5.41) is 4.26. The fraction of sp³-hybridized carbons (Fsp3) is 0.333. The molecule has 0 aliphatic heterocycles. The lowest BCUT2D eigenvalue weighted by molar-refractivity contribution is 0.414. The summed E-state index contributed by atoms with van der Waals surface area (Å²) in [7, 11) is 1.67. The topological polar surface area (TPSA) is 47.0 Å². The monoisotopic (exact) mass is 289 g/mol. The Hall–Kier alpha value is -1.75. The van der Waals surface area contributed by atoms with Crippen LogP contribution < -0.4 is 10.1 Å². The van der Waals surface area contributed by atoms with Gasteiger partial charge in [-0.15, -0.1) is 0 Å². The second kappa shape index (κ2) is 6.61. The van der Waals surface area contributed by atoms with Crippen LogP contribution in [0.5, 0.6) is 5.75 Å². The molecule has 1 N–H and O–H groups in total. The molecule has 20 heavy (non-hydrogen) atoms. The van der Waals surface area contributed by atoms with Crippen molar-refractivity contribution in [1.82, 2.24) is 9.97 Å². The first kappa shape index (κ1) is 14.7. The Kier molecular flexibility index (Phi) is 4.84. The van der Waals surface area contributed by atoms with E-state index in [0.717, 1.165) is 39.4 Å².